The molecular weight excluding hydrogens is 334 g/mol. The molecule has 0 unspecified atom stereocenters. The number of benzene rings is 1. The molecule has 0 atom stereocenters. The molecule has 2 aliphatic carbocycles. The van der Waals surface area contributed by atoms with E-state index in [1.165, 1.54) is 36.7 Å². The highest BCUT2D eigenvalue weighted by Gasteiger charge is 2.48. The average Bonchev–Trinajstić information content (AvgIpc) is 3.39. The van der Waals surface area contributed by atoms with Crippen molar-refractivity contribution in [3.8, 4) is 0 Å². The van der Waals surface area contributed by atoms with Crippen LogP contribution in [0.4, 0.5) is 0 Å². The van der Waals surface area contributed by atoms with E-state index in [-0.39, 0.29) is 17.9 Å². The van der Waals surface area contributed by atoms with Gasteiger partial charge in [0.1, 0.15) is 0 Å². The largest absolute Gasteiger partial charge is 0.355 e. The Bertz CT molecular complexity index is 922. The third-order valence-electron chi connectivity index (χ3n) is 5.88. The minimum Gasteiger partial charge on any atom is -0.355 e. The van der Waals surface area contributed by atoms with Crippen LogP contribution in [0.2, 0.25) is 0 Å². The summed E-state index contributed by atoms with van der Waals surface area (Å²) in [5.41, 5.74) is 0.960. The van der Waals surface area contributed by atoms with Crippen LogP contribution >= 0.6 is 12.2 Å². The molecule has 132 valence electrons. The van der Waals surface area contributed by atoms with E-state index >= 15 is 0 Å². The molecule has 2 N–H and O–H groups in total. The maximum atomic E-state index is 12.6. The molecule has 1 aromatic carbocycles. The number of para-hydroxylation sites is 1. The second-order valence-corrected chi connectivity index (χ2v) is 7.84. The van der Waals surface area contributed by atoms with Gasteiger partial charge in [0.25, 0.3) is 5.56 Å². The summed E-state index contributed by atoms with van der Waals surface area (Å²) in [7, 11) is 0. The number of nitrogens with zero attached hydrogens (tertiary/aromatic N) is 1. The zero-order chi connectivity index (χ0) is 17.4. The van der Waals surface area contributed by atoms with Gasteiger partial charge in [0.15, 0.2) is 4.77 Å². The highest BCUT2D eigenvalue weighted by molar-refractivity contribution is 7.71. The molecule has 0 spiro atoms. The van der Waals surface area contributed by atoms with Crippen molar-refractivity contribution in [2.24, 2.45) is 11.3 Å². The standard InChI is InChI=1S/C19H23N3O2S/c23-16(20-12-19(9-3-10-19)13-6-7-13)8-11-22-17(24)14-4-1-2-5-15(14)21-18(22)25/h1-2,4-5,13H,3,6-12H2,(H,20,23)(H,21,25). The number of carbonyl (C=O) groups is 1. The number of amides is 1. The minimum absolute atomic E-state index is 0.00128. The fourth-order valence-electron chi connectivity index (χ4n) is 4.03. The highest BCUT2D eigenvalue weighted by Crippen LogP contribution is 2.56. The summed E-state index contributed by atoms with van der Waals surface area (Å²) in [5, 5.41) is 3.69. The van der Waals surface area contributed by atoms with E-state index in [2.05, 4.69) is 10.3 Å². The van der Waals surface area contributed by atoms with E-state index in [9.17, 15) is 9.59 Å². The van der Waals surface area contributed by atoms with E-state index < -0.39 is 0 Å². The van der Waals surface area contributed by atoms with Crippen molar-refractivity contribution in [3.63, 3.8) is 0 Å². The number of H-pyrrole nitrogens is 1. The molecule has 6 heteroatoms. The number of aromatic amines is 1. The lowest BCUT2D eigenvalue weighted by molar-refractivity contribution is -0.122. The molecule has 5 nitrogen and oxygen atoms in total. The van der Waals surface area contributed by atoms with Gasteiger partial charge in [-0.1, -0.05) is 18.6 Å². The van der Waals surface area contributed by atoms with E-state index in [1.54, 1.807) is 6.07 Å². The van der Waals surface area contributed by atoms with Crippen molar-refractivity contribution >= 4 is 29.0 Å². The van der Waals surface area contributed by atoms with Crippen LogP contribution in [0, 0.1) is 16.1 Å². The Balaban J connectivity index is 1.41. The van der Waals surface area contributed by atoms with Gasteiger partial charge in [0, 0.05) is 19.5 Å². The van der Waals surface area contributed by atoms with Crippen LogP contribution in [0.25, 0.3) is 10.9 Å². The molecule has 1 amide bonds. The maximum absolute atomic E-state index is 12.6. The lowest BCUT2D eigenvalue weighted by Gasteiger charge is -2.42. The Morgan fingerprint density at radius 3 is 2.76 bits per heavy atom. The molecular formula is C19H23N3O2S. The molecule has 0 bridgehead atoms. The van der Waals surface area contributed by atoms with Gasteiger partial charge in [0.05, 0.1) is 10.9 Å². The van der Waals surface area contributed by atoms with E-state index in [4.69, 9.17) is 12.2 Å². The van der Waals surface area contributed by atoms with Gasteiger partial charge in [-0.2, -0.15) is 0 Å². The number of rotatable bonds is 6. The topological polar surface area (TPSA) is 66.9 Å². The van der Waals surface area contributed by atoms with Crippen LogP contribution in [-0.2, 0) is 11.3 Å². The molecule has 4 rings (SSSR count). The number of hydrogen-bond donors (Lipinski definition) is 2. The van der Waals surface area contributed by atoms with Gasteiger partial charge in [-0.15, -0.1) is 0 Å². The Labute approximate surface area is 151 Å². The van der Waals surface area contributed by atoms with E-state index in [0.717, 1.165) is 18.0 Å². The fourth-order valence-corrected chi connectivity index (χ4v) is 4.32. The first kappa shape index (κ1) is 16.5. The first-order chi connectivity index (χ1) is 12.1. The monoisotopic (exact) mass is 357 g/mol. The number of carbonyl (C=O) groups excluding carboxylic acids is 1. The predicted octanol–water partition coefficient (Wildman–Crippen LogP) is 3.15. The van der Waals surface area contributed by atoms with Crippen LogP contribution in [0.15, 0.2) is 29.1 Å². The summed E-state index contributed by atoms with van der Waals surface area (Å²) in [6, 6.07) is 7.30. The molecule has 1 heterocycles. The zero-order valence-corrected chi connectivity index (χ0v) is 15.0. The van der Waals surface area contributed by atoms with Gasteiger partial charge in [-0.25, -0.2) is 0 Å². The zero-order valence-electron chi connectivity index (χ0n) is 14.2. The minimum atomic E-state index is -0.138. The van der Waals surface area contributed by atoms with Crippen LogP contribution in [0.3, 0.4) is 0 Å². The van der Waals surface area contributed by atoms with Crippen LogP contribution in [-0.4, -0.2) is 22.0 Å². The summed E-state index contributed by atoms with van der Waals surface area (Å²) >= 11 is 5.29. The normalized spacial score (nSPS) is 18.7. The number of fused-ring (bicyclic) bond motifs is 1. The van der Waals surface area contributed by atoms with Crippen molar-refractivity contribution in [2.75, 3.05) is 6.54 Å². The highest BCUT2D eigenvalue weighted by atomic mass is 32.1. The van der Waals surface area contributed by atoms with E-state index in [0.29, 0.717) is 22.1 Å². The Kier molecular flexibility index (Phi) is 4.23. The summed E-state index contributed by atoms with van der Waals surface area (Å²) in [5.74, 6) is 0.819. The Hall–Kier alpha value is -1.95. The van der Waals surface area contributed by atoms with Gasteiger partial charge >= 0.3 is 0 Å². The van der Waals surface area contributed by atoms with Crippen molar-refractivity contribution in [1.82, 2.24) is 14.9 Å². The lowest BCUT2D eigenvalue weighted by Crippen LogP contribution is -2.44. The van der Waals surface area contributed by atoms with Crippen molar-refractivity contribution in [1.29, 1.82) is 0 Å². The summed E-state index contributed by atoms with van der Waals surface area (Å²) in [6.45, 7) is 1.09. The van der Waals surface area contributed by atoms with Crippen molar-refractivity contribution in [3.05, 3.63) is 39.4 Å². The Morgan fingerprint density at radius 2 is 2.08 bits per heavy atom. The van der Waals surface area contributed by atoms with Gasteiger partial charge in [0.2, 0.25) is 5.91 Å². The first-order valence-electron chi connectivity index (χ1n) is 9.08. The maximum Gasteiger partial charge on any atom is 0.262 e. The molecule has 0 radical (unpaired) electrons. The second-order valence-electron chi connectivity index (χ2n) is 7.45. The molecule has 2 aromatic rings. The second kappa shape index (κ2) is 6.41. The van der Waals surface area contributed by atoms with E-state index in [1.807, 2.05) is 18.2 Å². The lowest BCUT2D eigenvalue weighted by atomic mass is 9.65. The molecule has 0 aliphatic heterocycles. The van der Waals surface area contributed by atoms with Gasteiger partial charge in [-0.3, -0.25) is 14.2 Å². The molecule has 0 saturated heterocycles. The SMILES string of the molecule is O=C(CCn1c(=S)[nH]c2ccccc2c1=O)NCC1(C2CC2)CCC1. The Morgan fingerprint density at radius 1 is 1.32 bits per heavy atom. The van der Waals surface area contributed by atoms with Gasteiger partial charge in [-0.05, 0) is 61.4 Å². The summed E-state index contributed by atoms with van der Waals surface area (Å²) in [4.78, 5) is 27.9. The quantitative estimate of drug-likeness (QED) is 0.781. The first-order valence-corrected chi connectivity index (χ1v) is 9.48. The number of nitrogens with one attached hydrogen (secondary N) is 2. The smallest absolute Gasteiger partial charge is 0.262 e. The van der Waals surface area contributed by atoms with Crippen LogP contribution in [0.1, 0.15) is 38.5 Å². The summed E-state index contributed by atoms with van der Waals surface area (Å²) in [6.07, 6.45) is 6.68. The molecule has 1 aromatic heterocycles. The molecule has 2 aliphatic rings. The van der Waals surface area contributed by atoms with Gasteiger partial charge < -0.3 is 10.3 Å². The van der Waals surface area contributed by atoms with Crippen LogP contribution < -0.4 is 10.9 Å². The third-order valence-corrected chi connectivity index (χ3v) is 6.20. The molecule has 2 fully saturated rings. The predicted molar refractivity (Wildman–Crippen MR) is 100 cm³/mol. The third kappa shape index (κ3) is 3.15. The average molecular weight is 357 g/mol. The number of hydrogen-bond acceptors (Lipinski definition) is 3. The molecule has 25 heavy (non-hydrogen) atoms. The molecule has 2 saturated carbocycles. The summed E-state index contributed by atoms with van der Waals surface area (Å²) < 4.78 is 1.85. The van der Waals surface area contributed by atoms with Crippen molar-refractivity contribution < 1.29 is 4.79 Å². The number of aromatic nitrogens is 2. The van der Waals surface area contributed by atoms with Crippen molar-refractivity contribution in [2.45, 2.75) is 45.1 Å². The van der Waals surface area contributed by atoms with Crippen LogP contribution in [0.5, 0.6) is 0 Å². The fraction of sp³-hybridized carbons (Fsp3) is 0.526.